The van der Waals surface area contributed by atoms with E-state index in [9.17, 15) is 4.21 Å². The predicted molar refractivity (Wildman–Crippen MR) is 160 cm³/mol. The summed E-state index contributed by atoms with van der Waals surface area (Å²) in [7, 11) is 1.93. The fraction of sp³-hybridized carbons (Fsp3) is 0.774. The van der Waals surface area contributed by atoms with E-state index < -0.39 is 33.4 Å². The molecule has 0 bridgehead atoms. The van der Waals surface area contributed by atoms with E-state index in [0.717, 1.165) is 25.7 Å². The van der Waals surface area contributed by atoms with E-state index in [2.05, 4.69) is 30.4 Å². The minimum atomic E-state index is -1.42. The Kier molecular flexibility index (Phi) is 13.8. The van der Waals surface area contributed by atoms with Crippen LogP contribution in [0.15, 0.2) is 34.7 Å². The van der Waals surface area contributed by atoms with Crippen molar-refractivity contribution in [2.45, 2.75) is 115 Å². The lowest BCUT2D eigenvalue weighted by Crippen LogP contribution is -2.61. The monoisotopic (exact) mass is 597 g/mol. The van der Waals surface area contributed by atoms with Gasteiger partial charge in [0.25, 0.3) is 0 Å². The fourth-order valence-electron chi connectivity index (χ4n) is 5.21. The van der Waals surface area contributed by atoms with E-state index in [4.69, 9.17) is 33.2 Å². The molecule has 2 saturated heterocycles. The summed E-state index contributed by atoms with van der Waals surface area (Å²) in [6, 6.07) is 10.1. The lowest BCUT2D eigenvalue weighted by molar-refractivity contribution is -0.255. The van der Waals surface area contributed by atoms with Crippen molar-refractivity contribution in [2.24, 2.45) is 9.81 Å². The van der Waals surface area contributed by atoms with Crippen LogP contribution in [0.1, 0.15) is 72.3 Å². The predicted octanol–water partition coefficient (Wildman–Crippen LogP) is 5.23. The second kappa shape index (κ2) is 16.6. The van der Waals surface area contributed by atoms with Crippen LogP contribution in [0, 0.1) is 5.41 Å². The Morgan fingerprint density at radius 1 is 1.02 bits per heavy atom. The highest BCUT2D eigenvalue weighted by Gasteiger charge is 2.52. The summed E-state index contributed by atoms with van der Waals surface area (Å²) < 4.78 is 58.5. The first-order valence-electron chi connectivity index (χ1n) is 14.7. The first-order chi connectivity index (χ1) is 19.6. The van der Waals surface area contributed by atoms with Gasteiger partial charge in [0, 0.05) is 51.9 Å². The molecule has 0 radical (unpaired) electrons. The third-order valence-corrected chi connectivity index (χ3v) is 9.04. The van der Waals surface area contributed by atoms with Crippen LogP contribution in [0.4, 0.5) is 0 Å². The van der Waals surface area contributed by atoms with Gasteiger partial charge in [-0.25, -0.2) is 4.21 Å². The number of methoxy groups -OCH3 is 2. The largest absolute Gasteiger partial charge is 0.378 e. The molecule has 2 heterocycles. The topological polar surface area (TPSA) is 94.0 Å². The molecule has 0 N–H and O–H groups in total. The molecule has 1 aromatic rings. The van der Waals surface area contributed by atoms with E-state index in [1.165, 1.54) is 5.56 Å². The van der Waals surface area contributed by atoms with E-state index in [0.29, 0.717) is 26.2 Å². The molecule has 2 unspecified atom stereocenters. The molecule has 3 rings (SSSR count). The van der Waals surface area contributed by atoms with Crippen LogP contribution in [0.5, 0.6) is 0 Å². The van der Waals surface area contributed by atoms with Crippen LogP contribution in [-0.4, -0.2) is 86.2 Å². The van der Waals surface area contributed by atoms with Gasteiger partial charge in [0.15, 0.2) is 6.29 Å². The summed E-state index contributed by atoms with van der Waals surface area (Å²) in [5.41, 5.74) is 0.779. The first kappa shape index (κ1) is 34.3. The van der Waals surface area contributed by atoms with Crippen LogP contribution in [0.3, 0.4) is 0 Å². The quantitative estimate of drug-likeness (QED) is 0.145. The summed E-state index contributed by atoms with van der Waals surface area (Å²) in [4.78, 5) is 0. The molecule has 2 fully saturated rings. The standard InChI is InChI=1S/C31H51NO8S/c1-30(2,3)41(33)32-20-25-28(38-22-37-18-12-11-17-36-21-23-13-9-8-10-14-23)29(35-7)31(4,5)26(40-25)19-24-15-16-27(34-6)39-24/h8-10,13-14,20,24-29H,11-12,15-19,21-22H2,1-7H3/b32-20+/t24-,25-,26-,27?,28+,29-,41?/m1/s1. The number of hydrogen-bond acceptors (Lipinski definition) is 8. The number of unbranched alkanes of at least 4 members (excludes halogenated alkanes) is 1. The number of rotatable bonds is 16. The van der Waals surface area contributed by atoms with Crippen molar-refractivity contribution in [1.82, 2.24) is 0 Å². The van der Waals surface area contributed by atoms with Gasteiger partial charge in [-0.05, 0) is 45.6 Å². The smallest absolute Gasteiger partial charge is 0.157 e. The molecular formula is C31H51NO8S. The Balaban J connectivity index is 1.55. The van der Waals surface area contributed by atoms with Crippen LogP contribution < -0.4 is 0 Å². The van der Waals surface area contributed by atoms with Crippen molar-refractivity contribution in [3.05, 3.63) is 35.9 Å². The molecule has 10 heteroatoms. The summed E-state index contributed by atoms with van der Waals surface area (Å²) in [5.74, 6) is 0. The summed E-state index contributed by atoms with van der Waals surface area (Å²) in [6.45, 7) is 11.9. The molecule has 41 heavy (non-hydrogen) atoms. The van der Waals surface area contributed by atoms with E-state index in [-0.39, 0.29) is 31.4 Å². The zero-order valence-electron chi connectivity index (χ0n) is 25.9. The zero-order valence-corrected chi connectivity index (χ0v) is 26.7. The van der Waals surface area contributed by atoms with E-state index in [1.54, 1.807) is 20.4 Å². The Morgan fingerprint density at radius 2 is 1.73 bits per heavy atom. The average Bonchev–Trinajstić information content (AvgIpc) is 3.40. The van der Waals surface area contributed by atoms with Gasteiger partial charge in [0.1, 0.15) is 30.0 Å². The van der Waals surface area contributed by atoms with Gasteiger partial charge in [0.05, 0.1) is 29.7 Å². The average molecular weight is 598 g/mol. The Morgan fingerprint density at radius 3 is 2.37 bits per heavy atom. The molecular weight excluding hydrogens is 546 g/mol. The summed E-state index contributed by atoms with van der Waals surface area (Å²) in [6.07, 6.45) is 4.14. The van der Waals surface area contributed by atoms with E-state index >= 15 is 0 Å². The number of ether oxygens (including phenoxy) is 7. The maximum atomic E-state index is 12.7. The lowest BCUT2D eigenvalue weighted by Gasteiger charge is -2.50. The van der Waals surface area contributed by atoms with Crippen molar-refractivity contribution < 1.29 is 37.4 Å². The number of nitrogens with zero attached hydrogens (tertiary/aromatic N) is 1. The molecule has 9 nitrogen and oxygen atoms in total. The second-order valence-electron chi connectivity index (χ2n) is 12.3. The number of hydrogen-bond donors (Lipinski definition) is 0. The second-order valence-corrected chi connectivity index (χ2v) is 14.3. The van der Waals surface area contributed by atoms with Crippen molar-refractivity contribution in [3.8, 4) is 0 Å². The van der Waals surface area contributed by atoms with Gasteiger partial charge in [-0.1, -0.05) is 44.2 Å². The third kappa shape index (κ3) is 10.5. The zero-order chi connectivity index (χ0) is 29.9. The van der Waals surface area contributed by atoms with Crippen molar-refractivity contribution in [3.63, 3.8) is 0 Å². The maximum Gasteiger partial charge on any atom is 0.157 e. The Bertz CT molecular complexity index is 938. The highest BCUT2D eigenvalue weighted by Crippen LogP contribution is 2.42. The van der Waals surface area contributed by atoms with Crippen LogP contribution in [-0.2, 0) is 50.8 Å². The van der Waals surface area contributed by atoms with Gasteiger partial charge in [-0.3, -0.25) is 0 Å². The van der Waals surface area contributed by atoms with Crippen molar-refractivity contribution in [1.29, 1.82) is 0 Å². The molecule has 2 aliphatic rings. The number of benzene rings is 1. The molecule has 0 aromatic heterocycles. The molecule has 0 spiro atoms. The molecule has 0 aliphatic carbocycles. The van der Waals surface area contributed by atoms with Crippen molar-refractivity contribution in [2.75, 3.05) is 34.2 Å². The molecule has 2 aliphatic heterocycles. The van der Waals surface area contributed by atoms with Crippen LogP contribution in [0.2, 0.25) is 0 Å². The Labute approximate surface area is 249 Å². The molecule has 0 amide bonds. The van der Waals surface area contributed by atoms with Gasteiger partial charge in [-0.2, -0.15) is 4.40 Å². The molecule has 1 aromatic carbocycles. The maximum absolute atomic E-state index is 12.7. The van der Waals surface area contributed by atoms with Crippen LogP contribution in [0.25, 0.3) is 0 Å². The minimum absolute atomic E-state index is 0.0282. The lowest BCUT2D eigenvalue weighted by atomic mass is 9.73. The van der Waals surface area contributed by atoms with Gasteiger partial charge in [0.2, 0.25) is 0 Å². The highest BCUT2D eigenvalue weighted by molar-refractivity contribution is 7.85. The van der Waals surface area contributed by atoms with Gasteiger partial charge < -0.3 is 33.2 Å². The fourth-order valence-corrected chi connectivity index (χ4v) is 5.76. The summed E-state index contributed by atoms with van der Waals surface area (Å²) >= 11 is 0. The third-order valence-electron chi connectivity index (χ3n) is 7.68. The minimum Gasteiger partial charge on any atom is -0.378 e. The SMILES string of the molecule is COC1CC[C@H](C[C@H]2O[C@H](/C=N/S(=O)C(C)(C)C)[C@H](OCOCCCCOCc3ccccc3)[C@@H](OC)C2(C)C)O1. The van der Waals surface area contributed by atoms with Crippen molar-refractivity contribution >= 4 is 17.2 Å². The Hall–Kier alpha value is -1.24. The molecule has 7 atom stereocenters. The van der Waals surface area contributed by atoms with E-state index in [1.807, 2.05) is 39.0 Å². The highest BCUT2D eigenvalue weighted by atomic mass is 32.2. The first-order valence-corrected chi connectivity index (χ1v) is 15.8. The molecule has 234 valence electrons. The van der Waals surface area contributed by atoms with Gasteiger partial charge >= 0.3 is 0 Å². The molecule has 0 saturated carbocycles. The van der Waals surface area contributed by atoms with Gasteiger partial charge in [-0.15, -0.1) is 0 Å². The summed E-state index contributed by atoms with van der Waals surface area (Å²) in [5, 5.41) is 0. The normalized spacial score (nSPS) is 29.2. The van der Waals surface area contributed by atoms with Crippen LogP contribution >= 0.6 is 0 Å².